The van der Waals surface area contributed by atoms with Gasteiger partial charge in [-0.1, -0.05) is 12.5 Å². The number of ether oxygens (including phenoxy) is 1. The molecule has 1 unspecified atom stereocenters. The summed E-state index contributed by atoms with van der Waals surface area (Å²) in [6, 6.07) is 4.44. The molecule has 22 heavy (non-hydrogen) atoms. The van der Waals surface area contributed by atoms with E-state index in [4.69, 9.17) is 4.74 Å². The molecule has 1 spiro atoms. The quantitative estimate of drug-likeness (QED) is 0.792. The Hall–Kier alpha value is -0.910. The molecule has 4 rings (SSSR count). The van der Waals surface area contributed by atoms with E-state index in [9.17, 15) is 4.79 Å². The summed E-state index contributed by atoms with van der Waals surface area (Å²) < 4.78 is 5.94. The van der Waals surface area contributed by atoms with Crippen molar-refractivity contribution in [3.05, 3.63) is 22.4 Å². The lowest BCUT2D eigenvalue weighted by molar-refractivity contribution is -0.175. The van der Waals surface area contributed by atoms with E-state index >= 15 is 0 Å². The molecular weight excluding hydrogens is 296 g/mol. The number of hydrogen-bond acceptors (Lipinski definition) is 4. The smallest absolute Gasteiger partial charge is 0.261 e. The number of fused-ring (bicyclic) bond motifs is 2. The fourth-order valence-electron chi connectivity index (χ4n) is 4.60. The van der Waals surface area contributed by atoms with Gasteiger partial charge in [-0.3, -0.25) is 4.79 Å². The normalized spacial score (nSPS) is 31.4. The van der Waals surface area contributed by atoms with Gasteiger partial charge in [0.1, 0.15) is 0 Å². The summed E-state index contributed by atoms with van der Waals surface area (Å²) in [5.41, 5.74) is 0.460. The molecule has 3 aliphatic rings. The number of carbonyl (C=O) groups is 1. The molecule has 1 aliphatic heterocycles. The summed E-state index contributed by atoms with van der Waals surface area (Å²) in [5, 5.41) is 8.70. The summed E-state index contributed by atoms with van der Waals surface area (Å²) in [6.45, 7) is 2.68. The average molecular weight is 320 g/mol. The van der Waals surface area contributed by atoms with Crippen LogP contribution < -0.4 is 10.6 Å². The molecule has 120 valence electrons. The van der Waals surface area contributed by atoms with Crippen LogP contribution in [0.25, 0.3) is 0 Å². The fraction of sp³-hybridized carbons (Fsp3) is 0.706. The van der Waals surface area contributed by atoms with Gasteiger partial charge in [-0.15, -0.1) is 11.3 Å². The first-order valence-corrected chi connectivity index (χ1v) is 9.36. The Morgan fingerprint density at radius 3 is 3.05 bits per heavy atom. The lowest BCUT2D eigenvalue weighted by Crippen LogP contribution is -2.71. The molecule has 1 saturated heterocycles. The Bertz CT molecular complexity index is 527. The second kappa shape index (κ2) is 5.95. The average Bonchev–Trinajstić information content (AvgIpc) is 3.11. The van der Waals surface area contributed by atoms with Gasteiger partial charge in [0.25, 0.3) is 5.91 Å². The monoisotopic (exact) mass is 320 g/mol. The zero-order chi connectivity index (χ0) is 15.0. The molecule has 0 bridgehead atoms. The van der Waals surface area contributed by atoms with Crippen molar-refractivity contribution in [1.29, 1.82) is 0 Å². The zero-order valence-corrected chi connectivity index (χ0v) is 13.7. The molecule has 5 heteroatoms. The van der Waals surface area contributed by atoms with Crippen molar-refractivity contribution >= 4 is 17.2 Å². The van der Waals surface area contributed by atoms with Crippen LogP contribution in [0, 0.1) is 11.3 Å². The van der Waals surface area contributed by atoms with Crippen LogP contribution in [0.15, 0.2) is 17.5 Å². The van der Waals surface area contributed by atoms with Crippen LogP contribution in [0.3, 0.4) is 0 Å². The highest BCUT2D eigenvalue weighted by Gasteiger charge is 2.66. The Kier molecular flexibility index (Phi) is 3.96. The van der Waals surface area contributed by atoms with Crippen LogP contribution in [-0.4, -0.2) is 37.7 Å². The number of nitrogens with one attached hydrogen (secondary N) is 2. The first-order chi connectivity index (χ1) is 10.8. The van der Waals surface area contributed by atoms with Gasteiger partial charge in [0.05, 0.1) is 11.0 Å². The Morgan fingerprint density at radius 2 is 2.32 bits per heavy atom. The third-order valence-corrected chi connectivity index (χ3v) is 6.65. The third kappa shape index (κ3) is 2.30. The van der Waals surface area contributed by atoms with Crippen LogP contribution >= 0.6 is 11.3 Å². The van der Waals surface area contributed by atoms with Gasteiger partial charge in [0, 0.05) is 30.5 Å². The maximum absolute atomic E-state index is 11.8. The van der Waals surface area contributed by atoms with Crippen LogP contribution in [-0.2, 0) is 4.74 Å². The number of hydrogen-bond donors (Lipinski definition) is 2. The number of amides is 1. The maximum atomic E-state index is 11.8. The van der Waals surface area contributed by atoms with E-state index in [0.717, 1.165) is 36.9 Å². The van der Waals surface area contributed by atoms with Crippen molar-refractivity contribution in [3.63, 3.8) is 0 Å². The molecule has 2 heterocycles. The minimum absolute atomic E-state index is 0.0540. The van der Waals surface area contributed by atoms with Gasteiger partial charge in [0.15, 0.2) is 0 Å². The molecule has 1 amide bonds. The summed E-state index contributed by atoms with van der Waals surface area (Å²) in [5.74, 6) is 0.791. The Morgan fingerprint density at radius 1 is 1.41 bits per heavy atom. The van der Waals surface area contributed by atoms with Crippen molar-refractivity contribution in [2.24, 2.45) is 11.3 Å². The van der Waals surface area contributed by atoms with Gasteiger partial charge in [-0.05, 0) is 43.7 Å². The predicted molar refractivity (Wildman–Crippen MR) is 87.2 cm³/mol. The maximum Gasteiger partial charge on any atom is 0.261 e. The van der Waals surface area contributed by atoms with Crippen molar-refractivity contribution < 1.29 is 9.53 Å². The van der Waals surface area contributed by atoms with Crippen LogP contribution in [0.5, 0.6) is 0 Å². The topological polar surface area (TPSA) is 50.4 Å². The van der Waals surface area contributed by atoms with Gasteiger partial charge in [-0.25, -0.2) is 0 Å². The highest BCUT2D eigenvalue weighted by atomic mass is 32.1. The Balaban J connectivity index is 1.19. The van der Waals surface area contributed by atoms with Crippen LogP contribution in [0.1, 0.15) is 41.8 Å². The zero-order valence-electron chi connectivity index (χ0n) is 12.8. The number of thiophene rings is 1. The van der Waals surface area contributed by atoms with E-state index in [2.05, 4.69) is 10.6 Å². The first kappa shape index (κ1) is 14.7. The van der Waals surface area contributed by atoms with E-state index in [-0.39, 0.29) is 5.91 Å². The van der Waals surface area contributed by atoms with Crippen LogP contribution in [0.4, 0.5) is 0 Å². The summed E-state index contributed by atoms with van der Waals surface area (Å²) in [7, 11) is 0. The first-order valence-electron chi connectivity index (χ1n) is 8.48. The molecule has 2 aliphatic carbocycles. The van der Waals surface area contributed by atoms with Crippen molar-refractivity contribution in [2.45, 2.75) is 44.2 Å². The van der Waals surface area contributed by atoms with Gasteiger partial charge >= 0.3 is 0 Å². The third-order valence-electron chi connectivity index (χ3n) is 5.78. The molecule has 3 atom stereocenters. The predicted octanol–water partition coefficient (Wildman–Crippen LogP) is 2.42. The van der Waals surface area contributed by atoms with E-state index in [1.165, 1.54) is 37.0 Å². The fourth-order valence-corrected chi connectivity index (χ4v) is 5.24. The summed E-state index contributed by atoms with van der Waals surface area (Å²) >= 11 is 1.49. The lowest BCUT2D eigenvalue weighted by atomic mass is 9.46. The minimum atomic E-state index is 0.0540. The number of carbonyl (C=O) groups excluding carboxylic acids is 1. The molecular formula is C17H24N2O2S. The summed E-state index contributed by atoms with van der Waals surface area (Å²) in [6.07, 6.45) is 6.78. The largest absolute Gasteiger partial charge is 0.377 e. The summed E-state index contributed by atoms with van der Waals surface area (Å²) in [4.78, 5) is 12.6. The molecule has 2 saturated carbocycles. The Labute approximate surface area is 135 Å². The van der Waals surface area contributed by atoms with Crippen molar-refractivity contribution in [2.75, 3.05) is 19.7 Å². The highest BCUT2D eigenvalue weighted by molar-refractivity contribution is 7.12. The molecule has 0 radical (unpaired) electrons. The van der Waals surface area contributed by atoms with Gasteiger partial charge in [-0.2, -0.15) is 0 Å². The van der Waals surface area contributed by atoms with Gasteiger partial charge in [0.2, 0.25) is 0 Å². The van der Waals surface area contributed by atoms with E-state index < -0.39 is 0 Å². The minimum Gasteiger partial charge on any atom is -0.377 e. The molecule has 4 nitrogen and oxygen atoms in total. The SMILES string of the molecule is O=C(NCCCNC1[C@@H]2CCO[C@@H]2C12CCC2)c1cccs1. The number of rotatable bonds is 6. The van der Waals surface area contributed by atoms with E-state index in [0.29, 0.717) is 17.6 Å². The second-order valence-corrected chi connectivity index (χ2v) is 7.80. The molecule has 1 aromatic heterocycles. The van der Waals surface area contributed by atoms with Crippen molar-refractivity contribution in [1.82, 2.24) is 10.6 Å². The van der Waals surface area contributed by atoms with E-state index in [1.807, 2.05) is 17.5 Å². The molecule has 3 fully saturated rings. The lowest BCUT2D eigenvalue weighted by Gasteiger charge is -2.63. The molecule has 0 aromatic carbocycles. The van der Waals surface area contributed by atoms with E-state index in [1.54, 1.807) is 0 Å². The standard InChI is InChI=1S/C17H24N2O2S/c20-16(13-4-1-11-22-13)19-9-3-8-18-14-12-5-10-21-15(12)17(14)6-2-7-17/h1,4,11-12,14-15,18H,2-3,5-10H2,(H,19,20)/t12-,14?,15-/m0/s1. The second-order valence-electron chi connectivity index (χ2n) is 6.85. The molecule has 2 N–H and O–H groups in total. The molecule has 1 aromatic rings. The van der Waals surface area contributed by atoms with Crippen molar-refractivity contribution in [3.8, 4) is 0 Å². The highest BCUT2D eigenvalue weighted by Crippen LogP contribution is 2.62. The van der Waals surface area contributed by atoms with Gasteiger partial charge < -0.3 is 15.4 Å². The van der Waals surface area contributed by atoms with Crippen LogP contribution in [0.2, 0.25) is 0 Å².